The van der Waals surface area contributed by atoms with Crippen molar-refractivity contribution in [1.82, 2.24) is 0 Å². The SMILES string of the molecule is Cc1cc(Br)c(C(N)c2cc(F)c(F)c(F)c2)cc1Br. The number of rotatable bonds is 2. The Morgan fingerprint density at radius 1 is 0.950 bits per heavy atom. The third-order valence-electron chi connectivity index (χ3n) is 2.98. The molecule has 2 N–H and O–H groups in total. The normalized spacial score (nSPS) is 12.6. The maximum absolute atomic E-state index is 13.3. The first-order chi connectivity index (χ1) is 9.31. The lowest BCUT2D eigenvalue weighted by molar-refractivity contribution is 0.444. The average Bonchev–Trinajstić information content (AvgIpc) is 2.38. The summed E-state index contributed by atoms with van der Waals surface area (Å²) in [6.07, 6.45) is 0. The van der Waals surface area contributed by atoms with Gasteiger partial charge in [0.1, 0.15) is 0 Å². The molecule has 0 aromatic heterocycles. The molecule has 0 heterocycles. The maximum atomic E-state index is 13.3. The van der Waals surface area contributed by atoms with Crippen molar-refractivity contribution in [3.63, 3.8) is 0 Å². The average molecular weight is 409 g/mol. The summed E-state index contributed by atoms with van der Waals surface area (Å²) in [5, 5.41) is 0. The molecule has 0 fully saturated rings. The van der Waals surface area contributed by atoms with E-state index in [9.17, 15) is 13.2 Å². The van der Waals surface area contributed by atoms with E-state index in [4.69, 9.17) is 5.73 Å². The summed E-state index contributed by atoms with van der Waals surface area (Å²) in [6, 6.07) is 4.65. The number of hydrogen-bond acceptors (Lipinski definition) is 1. The second kappa shape index (κ2) is 5.87. The Kier molecular flexibility index (Phi) is 4.56. The zero-order chi connectivity index (χ0) is 15.0. The Hall–Kier alpha value is -0.850. The van der Waals surface area contributed by atoms with E-state index in [1.54, 1.807) is 6.07 Å². The van der Waals surface area contributed by atoms with Crippen molar-refractivity contribution < 1.29 is 13.2 Å². The number of hydrogen-bond donors (Lipinski definition) is 1. The van der Waals surface area contributed by atoms with E-state index < -0.39 is 23.5 Å². The van der Waals surface area contributed by atoms with Crippen LogP contribution in [0.2, 0.25) is 0 Å². The van der Waals surface area contributed by atoms with Gasteiger partial charge in [0.05, 0.1) is 6.04 Å². The van der Waals surface area contributed by atoms with Crippen molar-refractivity contribution in [2.75, 3.05) is 0 Å². The van der Waals surface area contributed by atoms with Crippen LogP contribution in [0.15, 0.2) is 33.2 Å². The zero-order valence-corrected chi connectivity index (χ0v) is 13.5. The van der Waals surface area contributed by atoms with E-state index in [0.717, 1.165) is 26.6 Å². The first-order valence-electron chi connectivity index (χ1n) is 5.66. The van der Waals surface area contributed by atoms with Crippen LogP contribution in [0, 0.1) is 24.4 Å². The minimum atomic E-state index is -1.50. The number of aryl methyl sites for hydroxylation is 1. The molecule has 0 aliphatic carbocycles. The molecular formula is C14H10Br2F3N. The predicted molar refractivity (Wildman–Crippen MR) is 78.9 cm³/mol. The first-order valence-corrected chi connectivity index (χ1v) is 7.25. The summed E-state index contributed by atoms with van der Waals surface area (Å²) >= 11 is 6.75. The molecule has 0 saturated carbocycles. The van der Waals surface area contributed by atoms with Crippen molar-refractivity contribution in [2.24, 2.45) is 5.73 Å². The quantitative estimate of drug-likeness (QED) is 0.696. The molecule has 0 aliphatic rings. The fraction of sp³-hybridized carbons (Fsp3) is 0.143. The minimum absolute atomic E-state index is 0.165. The van der Waals surface area contributed by atoms with Gasteiger partial charge >= 0.3 is 0 Å². The molecule has 0 saturated heterocycles. The van der Waals surface area contributed by atoms with Crippen molar-refractivity contribution >= 4 is 31.9 Å². The van der Waals surface area contributed by atoms with Gasteiger partial charge in [0, 0.05) is 8.95 Å². The molecule has 106 valence electrons. The molecule has 0 aliphatic heterocycles. The highest BCUT2D eigenvalue weighted by atomic mass is 79.9. The lowest BCUT2D eigenvalue weighted by Gasteiger charge is -2.16. The Labute approximate surface area is 131 Å². The fourth-order valence-electron chi connectivity index (χ4n) is 1.83. The number of benzene rings is 2. The molecule has 0 bridgehead atoms. The lowest BCUT2D eigenvalue weighted by atomic mass is 9.98. The molecule has 2 aromatic carbocycles. The summed E-state index contributed by atoms with van der Waals surface area (Å²) in [5.41, 5.74) is 7.82. The van der Waals surface area contributed by atoms with E-state index in [1.165, 1.54) is 0 Å². The Morgan fingerprint density at radius 3 is 2.05 bits per heavy atom. The summed E-state index contributed by atoms with van der Waals surface area (Å²) < 4.78 is 41.0. The van der Waals surface area contributed by atoms with Crippen LogP contribution in [0.5, 0.6) is 0 Å². The van der Waals surface area contributed by atoms with Gasteiger partial charge in [-0.05, 0) is 47.9 Å². The molecule has 2 rings (SSSR count). The van der Waals surface area contributed by atoms with Crippen molar-refractivity contribution in [2.45, 2.75) is 13.0 Å². The van der Waals surface area contributed by atoms with E-state index in [2.05, 4.69) is 31.9 Å². The van der Waals surface area contributed by atoms with Crippen LogP contribution in [0.4, 0.5) is 13.2 Å². The second-order valence-electron chi connectivity index (χ2n) is 4.40. The molecule has 0 radical (unpaired) electrons. The molecule has 6 heteroatoms. The van der Waals surface area contributed by atoms with Crippen LogP contribution >= 0.6 is 31.9 Å². The van der Waals surface area contributed by atoms with Gasteiger partial charge in [0.25, 0.3) is 0 Å². The van der Waals surface area contributed by atoms with E-state index in [1.807, 2.05) is 13.0 Å². The number of nitrogens with two attached hydrogens (primary N) is 1. The molecule has 1 atom stereocenters. The fourth-order valence-corrected chi connectivity index (χ4v) is 2.90. The highest BCUT2D eigenvalue weighted by molar-refractivity contribution is 9.11. The topological polar surface area (TPSA) is 26.0 Å². The third-order valence-corrected chi connectivity index (χ3v) is 4.52. The van der Waals surface area contributed by atoms with Crippen LogP contribution in [-0.4, -0.2) is 0 Å². The van der Waals surface area contributed by atoms with Gasteiger partial charge in [0.15, 0.2) is 17.5 Å². The van der Waals surface area contributed by atoms with Crippen molar-refractivity contribution in [1.29, 1.82) is 0 Å². The summed E-state index contributed by atoms with van der Waals surface area (Å²) in [4.78, 5) is 0. The largest absolute Gasteiger partial charge is 0.320 e. The number of halogens is 5. The van der Waals surface area contributed by atoms with Crippen molar-refractivity contribution in [3.8, 4) is 0 Å². The summed E-state index contributed by atoms with van der Waals surface area (Å²) in [7, 11) is 0. The smallest absolute Gasteiger partial charge is 0.194 e. The standard InChI is InChI=1S/C14H10Br2F3N/c1-6-2-10(16)8(5-9(6)15)14(20)7-3-11(17)13(19)12(18)4-7/h2-5,14H,20H2,1H3. The zero-order valence-electron chi connectivity index (χ0n) is 10.4. The molecular weight excluding hydrogens is 399 g/mol. The molecule has 0 amide bonds. The lowest BCUT2D eigenvalue weighted by Crippen LogP contribution is -2.14. The molecule has 1 unspecified atom stereocenters. The molecule has 20 heavy (non-hydrogen) atoms. The van der Waals surface area contributed by atoms with E-state index in [0.29, 0.717) is 5.56 Å². The Balaban J connectivity index is 2.51. The molecule has 0 spiro atoms. The maximum Gasteiger partial charge on any atom is 0.194 e. The highest BCUT2D eigenvalue weighted by Gasteiger charge is 2.18. The van der Waals surface area contributed by atoms with Crippen LogP contribution in [0.1, 0.15) is 22.7 Å². The van der Waals surface area contributed by atoms with Crippen LogP contribution in [0.25, 0.3) is 0 Å². The minimum Gasteiger partial charge on any atom is -0.320 e. The summed E-state index contributed by atoms with van der Waals surface area (Å²) in [5.74, 6) is -4.00. The molecule has 1 nitrogen and oxygen atoms in total. The van der Waals surface area contributed by atoms with E-state index in [-0.39, 0.29) is 5.56 Å². The summed E-state index contributed by atoms with van der Waals surface area (Å²) in [6.45, 7) is 1.90. The third kappa shape index (κ3) is 2.92. The van der Waals surface area contributed by atoms with Crippen LogP contribution in [-0.2, 0) is 0 Å². The van der Waals surface area contributed by atoms with Gasteiger partial charge in [-0.15, -0.1) is 0 Å². The van der Waals surface area contributed by atoms with Gasteiger partial charge < -0.3 is 5.73 Å². The van der Waals surface area contributed by atoms with Crippen LogP contribution < -0.4 is 5.73 Å². The van der Waals surface area contributed by atoms with Gasteiger partial charge in [-0.3, -0.25) is 0 Å². The van der Waals surface area contributed by atoms with E-state index >= 15 is 0 Å². The monoisotopic (exact) mass is 407 g/mol. The van der Waals surface area contributed by atoms with Crippen molar-refractivity contribution in [3.05, 3.63) is 67.4 Å². The van der Waals surface area contributed by atoms with Gasteiger partial charge in [0.2, 0.25) is 0 Å². The van der Waals surface area contributed by atoms with Gasteiger partial charge in [-0.1, -0.05) is 31.9 Å². The second-order valence-corrected chi connectivity index (χ2v) is 6.11. The Morgan fingerprint density at radius 2 is 1.50 bits per heavy atom. The molecule has 2 aromatic rings. The Bertz CT molecular complexity index is 651. The van der Waals surface area contributed by atoms with Gasteiger partial charge in [-0.25, -0.2) is 13.2 Å². The predicted octanol–water partition coefficient (Wildman–Crippen LogP) is 4.99. The highest BCUT2D eigenvalue weighted by Crippen LogP contribution is 2.32. The van der Waals surface area contributed by atoms with Gasteiger partial charge in [-0.2, -0.15) is 0 Å². The van der Waals surface area contributed by atoms with Crippen LogP contribution in [0.3, 0.4) is 0 Å². The first kappa shape index (κ1) is 15.5.